The Hall–Kier alpha value is -1.43. The second-order valence-corrected chi connectivity index (χ2v) is 3.77. The van der Waals surface area contributed by atoms with Gasteiger partial charge in [0.05, 0.1) is 0 Å². The monoisotopic (exact) mass is 213 g/mol. The summed E-state index contributed by atoms with van der Waals surface area (Å²) in [7, 11) is 0. The lowest BCUT2D eigenvalue weighted by molar-refractivity contribution is -0.176. The van der Waals surface area contributed by atoms with Crippen molar-refractivity contribution >= 4 is 17.7 Å². The van der Waals surface area contributed by atoms with Gasteiger partial charge in [-0.15, -0.1) is 0 Å². The molecule has 2 saturated heterocycles. The third-order valence-electron chi connectivity index (χ3n) is 2.62. The predicted octanol–water partition coefficient (Wildman–Crippen LogP) is -1.19. The number of aliphatic hydroxyl groups excluding tert-OH is 1. The highest BCUT2D eigenvalue weighted by Crippen LogP contribution is 2.33. The van der Waals surface area contributed by atoms with Gasteiger partial charge >= 0.3 is 5.97 Å². The summed E-state index contributed by atoms with van der Waals surface area (Å²) < 4.78 is 4.51. The Morgan fingerprint density at radius 2 is 2.20 bits per heavy atom. The van der Waals surface area contributed by atoms with E-state index in [1.807, 2.05) is 0 Å². The van der Waals surface area contributed by atoms with E-state index in [1.54, 1.807) is 0 Å². The number of fused-ring (bicyclic) bond motifs is 1. The number of carbonyl (C=O) groups is 3. The first-order valence-electron chi connectivity index (χ1n) is 4.73. The summed E-state index contributed by atoms with van der Waals surface area (Å²) >= 11 is 0. The average Bonchev–Trinajstić information content (AvgIpc) is 2.36. The molecule has 0 aromatic carbocycles. The molecule has 1 unspecified atom stereocenters. The van der Waals surface area contributed by atoms with Crippen molar-refractivity contribution in [1.29, 1.82) is 0 Å². The quantitative estimate of drug-likeness (QED) is 0.270. The zero-order chi connectivity index (χ0) is 11.2. The van der Waals surface area contributed by atoms with Crippen molar-refractivity contribution in [3.63, 3.8) is 0 Å². The SMILES string of the molecule is C[C@H](O)OC(=O)C1C(=O)C[C@@H]2CC(=O)N12. The van der Waals surface area contributed by atoms with E-state index in [0.29, 0.717) is 6.42 Å². The van der Waals surface area contributed by atoms with E-state index in [0.717, 1.165) is 0 Å². The molecule has 0 radical (unpaired) electrons. The third-order valence-corrected chi connectivity index (χ3v) is 2.62. The molecule has 1 amide bonds. The highest BCUT2D eigenvalue weighted by atomic mass is 16.6. The van der Waals surface area contributed by atoms with Gasteiger partial charge < -0.3 is 14.7 Å². The zero-order valence-electron chi connectivity index (χ0n) is 8.17. The topological polar surface area (TPSA) is 83.9 Å². The first-order valence-corrected chi connectivity index (χ1v) is 4.73. The molecule has 3 atom stereocenters. The Morgan fingerprint density at radius 3 is 2.73 bits per heavy atom. The lowest BCUT2D eigenvalue weighted by Gasteiger charge is -2.36. The maximum atomic E-state index is 11.4. The molecule has 2 aliphatic rings. The minimum atomic E-state index is -1.26. The highest BCUT2D eigenvalue weighted by molar-refractivity contribution is 6.10. The zero-order valence-corrected chi connectivity index (χ0v) is 8.17. The van der Waals surface area contributed by atoms with Crippen LogP contribution in [0.2, 0.25) is 0 Å². The molecule has 0 bridgehead atoms. The van der Waals surface area contributed by atoms with Crippen molar-refractivity contribution in [3.8, 4) is 0 Å². The van der Waals surface area contributed by atoms with Gasteiger partial charge in [0.1, 0.15) is 0 Å². The van der Waals surface area contributed by atoms with Crippen LogP contribution in [0.4, 0.5) is 0 Å². The summed E-state index contributed by atoms with van der Waals surface area (Å²) in [6, 6.07) is -1.28. The molecule has 0 aromatic rings. The van der Waals surface area contributed by atoms with Crippen LogP contribution in [0, 0.1) is 0 Å². The minimum absolute atomic E-state index is 0.142. The Labute approximate surface area is 85.8 Å². The molecule has 6 nitrogen and oxygen atoms in total. The van der Waals surface area contributed by atoms with Crippen molar-refractivity contribution in [2.45, 2.75) is 38.1 Å². The van der Waals surface area contributed by atoms with Gasteiger partial charge in [-0.2, -0.15) is 0 Å². The second-order valence-electron chi connectivity index (χ2n) is 3.77. The summed E-state index contributed by atoms with van der Waals surface area (Å²) in [5, 5.41) is 8.85. The van der Waals surface area contributed by atoms with E-state index in [1.165, 1.54) is 11.8 Å². The molecule has 0 aromatic heterocycles. The Kier molecular flexibility index (Phi) is 2.22. The number of aliphatic hydroxyl groups is 1. The number of nitrogens with zero attached hydrogens (tertiary/aromatic N) is 1. The van der Waals surface area contributed by atoms with E-state index in [4.69, 9.17) is 5.11 Å². The number of β-lactam (4-membered cyclic amide) rings is 1. The lowest BCUT2D eigenvalue weighted by Crippen LogP contribution is -2.55. The first kappa shape index (κ1) is 10.1. The molecule has 0 saturated carbocycles. The number of amides is 1. The Balaban J connectivity index is 2.10. The number of ether oxygens (including phenoxy) is 1. The Bertz CT molecular complexity index is 337. The van der Waals surface area contributed by atoms with E-state index in [9.17, 15) is 14.4 Å². The number of Topliss-reactive ketones (excluding diaryl/α,β-unsaturated/α-hetero) is 1. The fourth-order valence-corrected chi connectivity index (χ4v) is 2.00. The summed E-state index contributed by atoms with van der Waals surface area (Å²) in [5.74, 6) is -1.36. The van der Waals surface area contributed by atoms with Gasteiger partial charge in [-0.3, -0.25) is 9.59 Å². The minimum Gasteiger partial charge on any atom is -0.434 e. The fraction of sp³-hybridized carbons (Fsp3) is 0.667. The van der Waals surface area contributed by atoms with Gasteiger partial charge in [0.15, 0.2) is 18.1 Å². The van der Waals surface area contributed by atoms with Crippen LogP contribution in [-0.4, -0.2) is 46.0 Å². The average molecular weight is 213 g/mol. The molecule has 2 aliphatic heterocycles. The maximum absolute atomic E-state index is 11.4. The lowest BCUT2D eigenvalue weighted by atomic mass is 10.0. The fourth-order valence-electron chi connectivity index (χ4n) is 2.00. The van der Waals surface area contributed by atoms with Gasteiger partial charge in [0.25, 0.3) is 0 Å². The largest absolute Gasteiger partial charge is 0.434 e. The Morgan fingerprint density at radius 1 is 1.53 bits per heavy atom. The smallest absolute Gasteiger partial charge is 0.338 e. The van der Waals surface area contributed by atoms with Crippen molar-refractivity contribution in [2.75, 3.05) is 0 Å². The van der Waals surface area contributed by atoms with Gasteiger partial charge in [-0.25, -0.2) is 4.79 Å². The number of hydrogen-bond donors (Lipinski definition) is 1. The highest BCUT2D eigenvalue weighted by Gasteiger charge is 2.54. The van der Waals surface area contributed by atoms with Crippen LogP contribution in [0.25, 0.3) is 0 Å². The number of esters is 1. The van der Waals surface area contributed by atoms with Crippen LogP contribution in [0.1, 0.15) is 19.8 Å². The van der Waals surface area contributed by atoms with Gasteiger partial charge in [0.2, 0.25) is 5.91 Å². The van der Waals surface area contributed by atoms with E-state index < -0.39 is 18.3 Å². The molecule has 2 fully saturated rings. The molecule has 0 spiro atoms. The third kappa shape index (κ3) is 1.50. The van der Waals surface area contributed by atoms with E-state index >= 15 is 0 Å². The summed E-state index contributed by atoms with van der Waals surface area (Å²) in [5.41, 5.74) is 0. The second kappa shape index (κ2) is 3.30. The van der Waals surface area contributed by atoms with Crippen LogP contribution in [0.3, 0.4) is 0 Å². The van der Waals surface area contributed by atoms with Crippen molar-refractivity contribution < 1.29 is 24.2 Å². The first-order chi connectivity index (χ1) is 7.00. The summed E-state index contributed by atoms with van der Waals surface area (Å²) in [6.45, 7) is 1.27. The van der Waals surface area contributed by atoms with Crippen molar-refractivity contribution in [2.24, 2.45) is 0 Å². The molecule has 2 rings (SSSR count). The number of rotatable bonds is 2. The van der Waals surface area contributed by atoms with Crippen LogP contribution in [0.5, 0.6) is 0 Å². The van der Waals surface area contributed by atoms with Gasteiger partial charge in [-0.1, -0.05) is 0 Å². The summed E-state index contributed by atoms with van der Waals surface area (Å²) in [6.07, 6.45) is -0.726. The van der Waals surface area contributed by atoms with Crippen LogP contribution < -0.4 is 0 Å². The summed E-state index contributed by atoms with van der Waals surface area (Å²) in [4.78, 5) is 35.2. The number of ketones is 1. The molecule has 0 aliphatic carbocycles. The molecule has 1 N–H and O–H groups in total. The van der Waals surface area contributed by atoms with Crippen LogP contribution >= 0.6 is 0 Å². The van der Waals surface area contributed by atoms with Crippen LogP contribution in [-0.2, 0) is 19.1 Å². The van der Waals surface area contributed by atoms with Crippen molar-refractivity contribution in [1.82, 2.24) is 4.90 Å². The molecule has 6 heteroatoms. The molecular formula is C9H11NO5. The molecule has 2 heterocycles. The molecule has 82 valence electrons. The maximum Gasteiger partial charge on any atom is 0.338 e. The normalized spacial score (nSPS) is 30.9. The predicted molar refractivity (Wildman–Crippen MR) is 46.4 cm³/mol. The number of hydrogen-bond acceptors (Lipinski definition) is 5. The van der Waals surface area contributed by atoms with E-state index in [2.05, 4.69) is 4.74 Å². The van der Waals surface area contributed by atoms with E-state index in [-0.39, 0.29) is 24.2 Å². The van der Waals surface area contributed by atoms with Gasteiger partial charge in [0, 0.05) is 18.9 Å². The molecular weight excluding hydrogens is 202 g/mol. The van der Waals surface area contributed by atoms with Crippen LogP contribution in [0.15, 0.2) is 0 Å². The van der Waals surface area contributed by atoms with Crippen molar-refractivity contribution in [3.05, 3.63) is 0 Å². The molecule has 15 heavy (non-hydrogen) atoms. The van der Waals surface area contributed by atoms with Gasteiger partial charge in [-0.05, 0) is 6.92 Å². The standard InChI is InChI=1S/C9H11NO5/c1-4(11)15-9(14)8-6(12)2-5-3-7(13)10(5)8/h4-5,8,11H,2-3H2,1H3/t4-,5-,8?/m1/s1. The number of carbonyl (C=O) groups excluding carboxylic acids is 3.